The van der Waals surface area contributed by atoms with Gasteiger partial charge in [0.15, 0.2) is 0 Å². The third-order valence-electron chi connectivity index (χ3n) is 4.61. The van der Waals surface area contributed by atoms with Crippen molar-refractivity contribution >= 4 is 0 Å². The molecule has 1 aliphatic rings. The Labute approximate surface area is 149 Å². The molecule has 0 spiro atoms. The topological polar surface area (TPSA) is 3.24 Å². The average molecular weight is 326 g/mol. The van der Waals surface area contributed by atoms with Crippen molar-refractivity contribution in [1.82, 2.24) is 4.90 Å². The minimum Gasteiger partial charge on any atom is -0.306 e. The second-order valence-corrected chi connectivity index (χ2v) is 6.53. The van der Waals surface area contributed by atoms with E-state index in [1.54, 1.807) is 0 Å². The summed E-state index contributed by atoms with van der Waals surface area (Å²) in [6, 6.07) is 21.2. The lowest BCUT2D eigenvalue weighted by Crippen LogP contribution is -2.28. The molecule has 0 atom stereocenters. The van der Waals surface area contributed by atoms with Crippen molar-refractivity contribution in [3.63, 3.8) is 0 Å². The van der Waals surface area contributed by atoms with Gasteiger partial charge in [-0.3, -0.25) is 0 Å². The van der Waals surface area contributed by atoms with Crippen LogP contribution >= 0.6 is 0 Å². The van der Waals surface area contributed by atoms with Crippen LogP contribution in [-0.2, 0) is 0 Å². The highest BCUT2D eigenvalue weighted by molar-refractivity contribution is 5.31. The molecule has 2 aromatic carbocycles. The second-order valence-electron chi connectivity index (χ2n) is 6.53. The molecule has 1 heteroatoms. The van der Waals surface area contributed by atoms with Gasteiger partial charge in [0, 0.05) is 5.92 Å². The van der Waals surface area contributed by atoms with Gasteiger partial charge in [-0.2, -0.15) is 0 Å². The average Bonchev–Trinajstić information content (AvgIpc) is 2.67. The van der Waals surface area contributed by atoms with Gasteiger partial charge in [-0.25, -0.2) is 0 Å². The van der Waals surface area contributed by atoms with Crippen LogP contribution in [0.25, 0.3) is 0 Å². The molecule has 24 heavy (non-hydrogen) atoms. The summed E-state index contributed by atoms with van der Waals surface area (Å²) in [5.41, 5.74) is 2.75. The summed E-state index contributed by atoms with van der Waals surface area (Å²) in [4.78, 5) is 2.40. The minimum atomic E-state index is 0.484. The molecule has 1 nitrogen and oxygen atoms in total. The summed E-state index contributed by atoms with van der Waals surface area (Å²) >= 11 is 0. The van der Waals surface area contributed by atoms with Gasteiger partial charge < -0.3 is 4.90 Å². The summed E-state index contributed by atoms with van der Waals surface area (Å²) in [5.74, 6) is 1.46. The first-order valence-electron chi connectivity index (χ1n) is 9.45. The molecular formula is C23H35N. The van der Waals surface area contributed by atoms with Gasteiger partial charge >= 0.3 is 0 Å². The van der Waals surface area contributed by atoms with Gasteiger partial charge in [0.25, 0.3) is 0 Å². The van der Waals surface area contributed by atoms with E-state index in [9.17, 15) is 0 Å². The normalized spacial score (nSPS) is 15.1. The quantitative estimate of drug-likeness (QED) is 0.634. The van der Waals surface area contributed by atoms with E-state index in [4.69, 9.17) is 0 Å². The summed E-state index contributed by atoms with van der Waals surface area (Å²) < 4.78 is 0. The summed E-state index contributed by atoms with van der Waals surface area (Å²) in [5, 5.41) is 0. The molecule has 0 unspecified atom stereocenters. The van der Waals surface area contributed by atoms with E-state index in [0.717, 1.165) is 5.92 Å². The van der Waals surface area contributed by atoms with E-state index in [-0.39, 0.29) is 0 Å². The Morgan fingerprint density at radius 1 is 0.792 bits per heavy atom. The van der Waals surface area contributed by atoms with Crippen molar-refractivity contribution in [2.45, 2.75) is 46.5 Å². The van der Waals surface area contributed by atoms with Gasteiger partial charge in [0.05, 0.1) is 0 Å². The minimum absolute atomic E-state index is 0.484. The molecule has 0 aromatic heterocycles. The maximum atomic E-state index is 2.40. The smallest absolute Gasteiger partial charge is 0.00610 e. The Balaban J connectivity index is 0.000000245. The fourth-order valence-corrected chi connectivity index (χ4v) is 2.81. The molecule has 1 heterocycles. The van der Waals surface area contributed by atoms with E-state index in [2.05, 4.69) is 86.5 Å². The van der Waals surface area contributed by atoms with Crippen molar-refractivity contribution in [2.24, 2.45) is 5.92 Å². The van der Waals surface area contributed by atoms with Crippen LogP contribution in [0.2, 0.25) is 0 Å². The van der Waals surface area contributed by atoms with Crippen LogP contribution in [0.1, 0.15) is 57.6 Å². The summed E-state index contributed by atoms with van der Waals surface area (Å²) in [7, 11) is 2.20. The lowest BCUT2D eigenvalue weighted by atomic mass is 9.93. The lowest BCUT2D eigenvalue weighted by molar-refractivity contribution is 0.230. The van der Waals surface area contributed by atoms with Crippen LogP contribution in [0.5, 0.6) is 0 Å². The highest BCUT2D eigenvalue weighted by Gasteiger charge is 2.10. The molecular weight excluding hydrogens is 290 g/mol. The molecule has 1 fully saturated rings. The molecule has 0 bridgehead atoms. The second kappa shape index (κ2) is 11.9. The number of likely N-dealkylation sites (tertiary alicyclic amines) is 1. The molecule has 3 rings (SSSR count). The molecule has 0 amide bonds. The van der Waals surface area contributed by atoms with Gasteiger partial charge in [-0.15, -0.1) is 0 Å². The predicted octanol–water partition coefficient (Wildman–Crippen LogP) is 6.21. The van der Waals surface area contributed by atoms with Crippen molar-refractivity contribution in [1.29, 1.82) is 0 Å². The van der Waals surface area contributed by atoms with Crippen molar-refractivity contribution in [2.75, 3.05) is 20.1 Å². The van der Waals surface area contributed by atoms with Crippen LogP contribution in [0, 0.1) is 5.92 Å². The fourth-order valence-electron chi connectivity index (χ4n) is 2.81. The Morgan fingerprint density at radius 3 is 1.50 bits per heavy atom. The summed E-state index contributed by atoms with van der Waals surface area (Å²) in [6.45, 7) is 11.2. The van der Waals surface area contributed by atoms with E-state index in [0.29, 0.717) is 5.92 Å². The molecule has 1 saturated heterocycles. The SMILES string of the molecule is CC.CC(c1ccccc1)c1ccccc1.CC1CCN(C)CC1. The highest BCUT2D eigenvalue weighted by atomic mass is 15.1. The van der Waals surface area contributed by atoms with Crippen LogP contribution in [0.15, 0.2) is 60.7 Å². The van der Waals surface area contributed by atoms with E-state index < -0.39 is 0 Å². The van der Waals surface area contributed by atoms with Gasteiger partial charge in [0.2, 0.25) is 0 Å². The standard InChI is InChI=1S/C14H14.C7H15N.C2H6/c1-12(13-8-4-2-5-9-13)14-10-6-3-7-11-14;1-7-3-5-8(2)6-4-7;1-2/h2-12H,1H3;7H,3-6H2,1-2H3;1-2H3. The first-order valence-corrected chi connectivity index (χ1v) is 9.45. The number of piperidine rings is 1. The Kier molecular flexibility index (Phi) is 10.1. The van der Waals surface area contributed by atoms with Gasteiger partial charge in [-0.1, -0.05) is 88.4 Å². The molecule has 2 aromatic rings. The maximum Gasteiger partial charge on any atom is 0.00610 e. The molecule has 132 valence electrons. The third-order valence-corrected chi connectivity index (χ3v) is 4.61. The zero-order chi connectivity index (χ0) is 17.8. The van der Waals surface area contributed by atoms with Crippen molar-refractivity contribution < 1.29 is 0 Å². The maximum absolute atomic E-state index is 2.40. The number of hydrogen-bond donors (Lipinski definition) is 0. The van der Waals surface area contributed by atoms with Crippen LogP contribution in [0.3, 0.4) is 0 Å². The highest BCUT2D eigenvalue weighted by Crippen LogP contribution is 2.22. The first kappa shape index (κ1) is 20.4. The fraction of sp³-hybridized carbons (Fsp3) is 0.478. The predicted molar refractivity (Wildman–Crippen MR) is 108 cm³/mol. The third kappa shape index (κ3) is 7.31. The molecule has 0 radical (unpaired) electrons. The van der Waals surface area contributed by atoms with Crippen LogP contribution in [0.4, 0.5) is 0 Å². The van der Waals surface area contributed by atoms with E-state index in [1.807, 2.05) is 13.8 Å². The first-order chi connectivity index (χ1) is 11.7. The van der Waals surface area contributed by atoms with E-state index >= 15 is 0 Å². The zero-order valence-corrected chi connectivity index (χ0v) is 16.2. The monoisotopic (exact) mass is 325 g/mol. The van der Waals surface area contributed by atoms with Gasteiger partial charge in [-0.05, 0) is 50.0 Å². The number of rotatable bonds is 2. The number of benzene rings is 2. The number of nitrogens with zero attached hydrogens (tertiary/aromatic N) is 1. The van der Waals surface area contributed by atoms with Crippen LogP contribution in [-0.4, -0.2) is 25.0 Å². The Hall–Kier alpha value is -1.60. The Bertz CT molecular complexity index is 463. The zero-order valence-electron chi connectivity index (χ0n) is 16.2. The molecule has 0 saturated carbocycles. The lowest BCUT2D eigenvalue weighted by Gasteiger charge is -2.26. The molecule has 0 N–H and O–H groups in total. The van der Waals surface area contributed by atoms with Crippen molar-refractivity contribution in [3.05, 3.63) is 71.8 Å². The summed E-state index contributed by atoms with van der Waals surface area (Å²) in [6.07, 6.45) is 2.80. The largest absolute Gasteiger partial charge is 0.306 e. The Morgan fingerprint density at radius 2 is 1.17 bits per heavy atom. The van der Waals surface area contributed by atoms with Gasteiger partial charge in [0.1, 0.15) is 0 Å². The molecule has 0 aliphatic carbocycles. The number of hydrogen-bond acceptors (Lipinski definition) is 1. The van der Waals surface area contributed by atoms with E-state index in [1.165, 1.54) is 37.1 Å². The molecule has 1 aliphatic heterocycles. The van der Waals surface area contributed by atoms with Crippen molar-refractivity contribution in [3.8, 4) is 0 Å². The van der Waals surface area contributed by atoms with Crippen LogP contribution < -0.4 is 0 Å².